The Balaban J connectivity index is 1.65. The third-order valence-electron chi connectivity index (χ3n) is 5.18. The number of carbonyl (C=O) groups excluding carboxylic acids is 2. The summed E-state index contributed by atoms with van der Waals surface area (Å²) in [5.41, 5.74) is 0.934. The quantitative estimate of drug-likeness (QED) is 0.650. The van der Waals surface area contributed by atoms with Crippen LogP contribution in [0.25, 0.3) is 0 Å². The van der Waals surface area contributed by atoms with Crippen LogP contribution in [0.2, 0.25) is 0 Å². The highest BCUT2D eigenvalue weighted by molar-refractivity contribution is 7.99. The van der Waals surface area contributed by atoms with Crippen LogP contribution in [0.1, 0.15) is 48.0 Å². The van der Waals surface area contributed by atoms with Crippen molar-refractivity contribution >= 4 is 23.6 Å². The molecule has 0 radical (unpaired) electrons. The van der Waals surface area contributed by atoms with Crippen LogP contribution in [0.5, 0.6) is 0 Å². The van der Waals surface area contributed by atoms with Gasteiger partial charge in [0.1, 0.15) is 6.07 Å². The Morgan fingerprint density at radius 3 is 2.45 bits per heavy atom. The number of amides is 1. The van der Waals surface area contributed by atoms with Crippen molar-refractivity contribution in [1.29, 1.82) is 5.26 Å². The van der Waals surface area contributed by atoms with Gasteiger partial charge in [0.25, 0.3) is 5.91 Å². The van der Waals surface area contributed by atoms with Crippen LogP contribution in [0.15, 0.2) is 58.3 Å². The number of hydrogen-bond donors (Lipinski definition) is 0. The molecule has 1 aliphatic carbocycles. The summed E-state index contributed by atoms with van der Waals surface area (Å²) in [4.78, 5) is 28.3. The SMILES string of the molecule is CN(C(=O)COC(=O)c1ccccc1Sc1ccccc1C#N)C1CCCCC1. The van der Waals surface area contributed by atoms with Crippen molar-refractivity contribution in [3.8, 4) is 6.07 Å². The van der Waals surface area contributed by atoms with E-state index < -0.39 is 5.97 Å². The average Bonchev–Trinajstić information content (AvgIpc) is 2.78. The minimum absolute atomic E-state index is 0.176. The molecule has 1 amide bonds. The minimum atomic E-state index is -0.534. The summed E-state index contributed by atoms with van der Waals surface area (Å²) in [6, 6.07) is 16.7. The summed E-state index contributed by atoms with van der Waals surface area (Å²) < 4.78 is 5.33. The van der Waals surface area contributed by atoms with Gasteiger partial charge >= 0.3 is 5.97 Å². The number of nitrogens with zero attached hydrogens (tertiary/aromatic N) is 2. The normalized spacial score (nSPS) is 14.1. The smallest absolute Gasteiger partial charge is 0.339 e. The van der Waals surface area contributed by atoms with Crippen LogP contribution in [0, 0.1) is 11.3 Å². The molecule has 0 unspecified atom stereocenters. The van der Waals surface area contributed by atoms with Crippen LogP contribution < -0.4 is 0 Å². The Kier molecular flexibility index (Phi) is 7.31. The van der Waals surface area contributed by atoms with E-state index in [1.54, 1.807) is 36.2 Å². The van der Waals surface area contributed by atoms with Crippen molar-refractivity contribution in [3.63, 3.8) is 0 Å². The number of ether oxygens (including phenoxy) is 1. The zero-order chi connectivity index (χ0) is 20.6. The zero-order valence-corrected chi connectivity index (χ0v) is 17.3. The molecule has 0 atom stereocenters. The second-order valence-electron chi connectivity index (χ2n) is 7.08. The number of esters is 1. The van der Waals surface area contributed by atoms with Crippen molar-refractivity contribution in [3.05, 3.63) is 59.7 Å². The van der Waals surface area contributed by atoms with E-state index in [9.17, 15) is 14.9 Å². The fourth-order valence-corrected chi connectivity index (χ4v) is 4.48. The van der Waals surface area contributed by atoms with Gasteiger partial charge in [0, 0.05) is 22.9 Å². The Labute approximate surface area is 175 Å². The van der Waals surface area contributed by atoms with Crippen molar-refractivity contribution in [1.82, 2.24) is 4.90 Å². The Hall–Kier alpha value is -2.78. The maximum Gasteiger partial charge on any atom is 0.339 e. The van der Waals surface area contributed by atoms with Crippen LogP contribution in [-0.4, -0.2) is 36.5 Å². The van der Waals surface area contributed by atoms with E-state index >= 15 is 0 Å². The first-order valence-electron chi connectivity index (χ1n) is 9.79. The first-order chi connectivity index (χ1) is 14.1. The molecule has 2 aromatic carbocycles. The van der Waals surface area contributed by atoms with E-state index in [-0.39, 0.29) is 18.6 Å². The maximum atomic E-state index is 12.6. The first kappa shape index (κ1) is 20.9. The number of hydrogen-bond acceptors (Lipinski definition) is 5. The molecule has 1 saturated carbocycles. The van der Waals surface area contributed by atoms with Gasteiger partial charge in [-0.15, -0.1) is 0 Å². The van der Waals surface area contributed by atoms with Gasteiger partial charge in [-0.1, -0.05) is 55.3 Å². The van der Waals surface area contributed by atoms with Gasteiger partial charge in [-0.3, -0.25) is 4.79 Å². The molecular weight excluding hydrogens is 384 g/mol. The third-order valence-corrected chi connectivity index (χ3v) is 6.33. The number of nitriles is 1. The van der Waals surface area contributed by atoms with Crippen molar-refractivity contribution in [2.45, 2.75) is 47.9 Å². The lowest BCUT2D eigenvalue weighted by molar-refractivity contribution is -0.135. The lowest BCUT2D eigenvalue weighted by atomic mass is 9.94. The van der Waals surface area contributed by atoms with Gasteiger partial charge in [-0.2, -0.15) is 5.26 Å². The third kappa shape index (κ3) is 5.39. The fraction of sp³-hybridized carbons (Fsp3) is 0.348. The lowest BCUT2D eigenvalue weighted by Gasteiger charge is -2.31. The highest BCUT2D eigenvalue weighted by Crippen LogP contribution is 2.33. The monoisotopic (exact) mass is 408 g/mol. The fourth-order valence-electron chi connectivity index (χ4n) is 3.47. The molecule has 0 bridgehead atoms. The molecule has 29 heavy (non-hydrogen) atoms. The molecule has 0 N–H and O–H groups in total. The molecule has 0 spiro atoms. The summed E-state index contributed by atoms with van der Waals surface area (Å²) in [6.07, 6.45) is 5.51. The minimum Gasteiger partial charge on any atom is -0.452 e. The van der Waals surface area contributed by atoms with Gasteiger partial charge in [0.15, 0.2) is 6.61 Å². The summed E-state index contributed by atoms with van der Waals surface area (Å²) in [7, 11) is 1.79. The van der Waals surface area contributed by atoms with E-state index in [0.29, 0.717) is 16.0 Å². The maximum absolute atomic E-state index is 12.6. The number of benzene rings is 2. The Morgan fingerprint density at radius 2 is 1.72 bits per heavy atom. The number of carbonyl (C=O) groups is 2. The molecule has 6 heteroatoms. The molecule has 0 heterocycles. The summed E-state index contributed by atoms with van der Waals surface area (Å²) >= 11 is 1.34. The Bertz CT molecular complexity index is 916. The summed E-state index contributed by atoms with van der Waals surface area (Å²) in [5.74, 6) is -0.710. The van der Waals surface area contributed by atoms with E-state index in [1.165, 1.54) is 18.2 Å². The molecule has 0 saturated heterocycles. The second-order valence-corrected chi connectivity index (χ2v) is 8.16. The van der Waals surface area contributed by atoms with E-state index in [4.69, 9.17) is 4.74 Å². The molecule has 1 fully saturated rings. The van der Waals surface area contributed by atoms with Crippen molar-refractivity contribution < 1.29 is 14.3 Å². The van der Waals surface area contributed by atoms with Gasteiger partial charge in [0.2, 0.25) is 0 Å². The van der Waals surface area contributed by atoms with Gasteiger partial charge in [0.05, 0.1) is 11.1 Å². The number of rotatable bonds is 6. The van der Waals surface area contributed by atoms with E-state index in [2.05, 4.69) is 6.07 Å². The number of likely N-dealkylation sites (N-methyl/N-ethyl adjacent to an activating group) is 1. The molecule has 5 nitrogen and oxygen atoms in total. The van der Waals surface area contributed by atoms with Gasteiger partial charge < -0.3 is 9.64 Å². The van der Waals surface area contributed by atoms with Crippen LogP contribution >= 0.6 is 11.8 Å². The lowest BCUT2D eigenvalue weighted by Crippen LogP contribution is -2.40. The highest BCUT2D eigenvalue weighted by Gasteiger charge is 2.23. The zero-order valence-electron chi connectivity index (χ0n) is 16.5. The summed E-state index contributed by atoms with van der Waals surface area (Å²) in [5, 5.41) is 9.28. The standard InChI is InChI=1S/C23H24N2O3S/c1-25(18-10-3-2-4-11-18)22(26)16-28-23(27)19-12-6-8-14-21(19)29-20-13-7-5-9-17(20)15-24/h5-9,12-14,18H,2-4,10-11,16H2,1H3. The van der Waals surface area contributed by atoms with Gasteiger partial charge in [-0.05, 0) is 37.1 Å². The average molecular weight is 409 g/mol. The molecule has 0 aliphatic heterocycles. The molecule has 0 aromatic heterocycles. The van der Waals surface area contributed by atoms with Crippen LogP contribution in [0.3, 0.4) is 0 Å². The van der Waals surface area contributed by atoms with Crippen molar-refractivity contribution in [2.24, 2.45) is 0 Å². The topological polar surface area (TPSA) is 70.4 Å². The predicted molar refractivity (Wildman–Crippen MR) is 112 cm³/mol. The Morgan fingerprint density at radius 1 is 1.07 bits per heavy atom. The molecular formula is C23H24N2O3S. The molecule has 150 valence electrons. The van der Waals surface area contributed by atoms with E-state index in [1.807, 2.05) is 24.3 Å². The summed E-state index contributed by atoms with van der Waals surface area (Å²) in [6.45, 7) is -0.264. The largest absolute Gasteiger partial charge is 0.452 e. The van der Waals surface area contributed by atoms with Crippen LogP contribution in [-0.2, 0) is 9.53 Å². The highest BCUT2D eigenvalue weighted by atomic mass is 32.2. The molecule has 2 aromatic rings. The second kappa shape index (κ2) is 10.1. The van der Waals surface area contributed by atoms with E-state index in [0.717, 1.165) is 30.6 Å². The molecule has 3 rings (SSSR count). The van der Waals surface area contributed by atoms with Crippen molar-refractivity contribution in [2.75, 3.05) is 13.7 Å². The predicted octanol–water partition coefficient (Wildman–Crippen LogP) is 4.66. The van der Waals surface area contributed by atoms with Gasteiger partial charge in [-0.25, -0.2) is 4.79 Å². The van der Waals surface area contributed by atoms with Crippen LogP contribution in [0.4, 0.5) is 0 Å². The molecule has 1 aliphatic rings. The first-order valence-corrected chi connectivity index (χ1v) is 10.6.